The second-order valence-corrected chi connectivity index (χ2v) is 3.31. The number of phenolic OH excluding ortho intramolecular Hbond substituents is 1. The number of hydrogen-bond acceptors (Lipinski definition) is 6. The van der Waals surface area contributed by atoms with Crippen LogP contribution >= 0.6 is 7.82 Å². The van der Waals surface area contributed by atoms with Gasteiger partial charge in [0, 0.05) is 0 Å². The molecule has 0 aromatic heterocycles. The molecule has 17 heavy (non-hydrogen) atoms. The Morgan fingerprint density at radius 3 is 1.88 bits per heavy atom. The van der Waals surface area contributed by atoms with Crippen LogP contribution in [0.1, 0.15) is 6.92 Å². The van der Waals surface area contributed by atoms with Crippen LogP contribution in [0.3, 0.4) is 0 Å². The summed E-state index contributed by atoms with van der Waals surface area (Å²) in [6, 6.07) is 8.71. The second-order valence-electron chi connectivity index (χ2n) is 2.26. The van der Waals surface area contributed by atoms with Crippen molar-refractivity contribution in [2.45, 2.75) is 6.92 Å². The van der Waals surface area contributed by atoms with Crippen LogP contribution in [0.4, 0.5) is 0 Å². The number of hydrogen-bond donors (Lipinski definition) is 1. The van der Waals surface area contributed by atoms with Crippen molar-refractivity contribution in [3.63, 3.8) is 0 Å². The maximum absolute atomic E-state index is 9.52. The van der Waals surface area contributed by atoms with Crippen LogP contribution in [0.2, 0.25) is 0 Å². The van der Waals surface area contributed by atoms with Gasteiger partial charge in [-0.3, -0.25) is 0 Å². The normalized spacial score (nSPS) is 9.12. The standard InChI is InChI=1S/C6H6O.C2H7O5P.2K/c7-6-4-2-1-3-5-6;1-2-6-7-8(3,4)5;;/h1-5,7H;2H2,1H3,(H2,3,4,5);;/q;;2*+1/p-2. The van der Waals surface area contributed by atoms with Crippen molar-refractivity contribution in [3.8, 4) is 5.75 Å². The third kappa shape index (κ3) is 20.8. The van der Waals surface area contributed by atoms with Crippen molar-refractivity contribution in [1.29, 1.82) is 0 Å². The summed E-state index contributed by atoms with van der Waals surface area (Å²) in [4.78, 5) is 22.8. The van der Waals surface area contributed by atoms with Gasteiger partial charge in [-0.05, 0) is 19.1 Å². The maximum atomic E-state index is 9.52. The molecule has 0 atom stereocenters. The molecule has 0 aliphatic rings. The van der Waals surface area contributed by atoms with Gasteiger partial charge < -0.3 is 19.5 Å². The Morgan fingerprint density at radius 2 is 1.71 bits per heavy atom. The van der Waals surface area contributed by atoms with E-state index in [0.717, 1.165) is 0 Å². The molecule has 0 aliphatic carbocycles. The average Bonchev–Trinajstić information content (AvgIpc) is 2.16. The van der Waals surface area contributed by atoms with E-state index in [-0.39, 0.29) is 109 Å². The summed E-state index contributed by atoms with van der Waals surface area (Å²) in [5.74, 6) is 0.322. The molecule has 1 aromatic carbocycles. The Labute approximate surface area is 185 Å². The quantitative estimate of drug-likeness (QED) is 0.258. The van der Waals surface area contributed by atoms with Gasteiger partial charge in [0.2, 0.25) is 0 Å². The zero-order valence-electron chi connectivity index (χ0n) is 10.0. The Balaban J connectivity index is -0.000000207. The molecule has 1 rings (SSSR count). The molecular weight excluding hydrogens is 301 g/mol. The van der Waals surface area contributed by atoms with Gasteiger partial charge >= 0.3 is 103 Å². The molecule has 0 heterocycles. The number of phenols is 1. The van der Waals surface area contributed by atoms with E-state index in [1.54, 1.807) is 24.3 Å². The number of rotatable bonds is 3. The minimum atomic E-state index is -4.90. The van der Waals surface area contributed by atoms with E-state index in [2.05, 4.69) is 9.56 Å². The molecule has 9 heteroatoms. The van der Waals surface area contributed by atoms with Crippen molar-refractivity contribution in [2.75, 3.05) is 6.61 Å². The summed E-state index contributed by atoms with van der Waals surface area (Å²) >= 11 is 0. The predicted octanol–water partition coefficient (Wildman–Crippen LogP) is -5.82. The zero-order chi connectivity index (χ0) is 11.7. The van der Waals surface area contributed by atoms with E-state index in [1.165, 1.54) is 6.92 Å². The summed E-state index contributed by atoms with van der Waals surface area (Å²) < 4.78 is 12.8. The van der Waals surface area contributed by atoms with Crippen LogP contribution in [0.25, 0.3) is 0 Å². The third-order valence-electron chi connectivity index (χ3n) is 1.02. The first-order chi connectivity index (χ1) is 6.95. The van der Waals surface area contributed by atoms with Crippen LogP contribution in [0, 0.1) is 0 Å². The van der Waals surface area contributed by atoms with Crippen molar-refractivity contribution in [2.24, 2.45) is 0 Å². The Hall–Kier alpha value is 2.36. The molecule has 0 fully saturated rings. The third-order valence-corrected chi connectivity index (χ3v) is 1.31. The molecule has 1 aromatic rings. The van der Waals surface area contributed by atoms with Crippen molar-refractivity contribution in [1.82, 2.24) is 0 Å². The van der Waals surface area contributed by atoms with Crippen LogP contribution in [0.15, 0.2) is 30.3 Å². The minimum absolute atomic E-state index is 0. The second kappa shape index (κ2) is 14.8. The summed E-state index contributed by atoms with van der Waals surface area (Å²) in [5, 5.41) is 8.63. The van der Waals surface area contributed by atoms with Crippen LogP contribution in [0.5, 0.6) is 5.75 Å². The first kappa shape index (κ1) is 24.4. The van der Waals surface area contributed by atoms with Gasteiger partial charge in [0.05, 0.1) is 6.61 Å². The van der Waals surface area contributed by atoms with Gasteiger partial charge in [-0.1, -0.05) is 18.2 Å². The average molecular weight is 312 g/mol. The molecule has 0 saturated heterocycles. The van der Waals surface area contributed by atoms with E-state index >= 15 is 0 Å². The van der Waals surface area contributed by atoms with E-state index in [9.17, 15) is 14.4 Å². The van der Waals surface area contributed by atoms with Crippen LogP contribution in [-0.2, 0) is 14.1 Å². The fraction of sp³-hybridized carbons (Fsp3) is 0.250. The molecule has 0 amide bonds. The smallest absolute Gasteiger partial charge is 0.788 e. The van der Waals surface area contributed by atoms with Crippen molar-refractivity contribution < 1.29 is 132 Å². The summed E-state index contributed by atoms with van der Waals surface area (Å²) in [5.41, 5.74) is 0. The first-order valence-electron chi connectivity index (χ1n) is 4.03. The zero-order valence-corrected chi connectivity index (χ0v) is 17.2. The number of phosphoric acid groups is 1. The van der Waals surface area contributed by atoms with E-state index in [0.29, 0.717) is 5.75 Å². The van der Waals surface area contributed by atoms with Gasteiger partial charge in [-0.15, -0.1) is 0 Å². The van der Waals surface area contributed by atoms with Gasteiger partial charge in [0.15, 0.2) is 0 Å². The summed E-state index contributed by atoms with van der Waals surface area (Å²) in [7, 11) is -4.90. The van der Waals surface area contributed by atoms with Gasteiger partial charge in [0.25, 0.3) is 0 Å². The molecular formula is C8H11K2O6P. The number of aromatic hydroxyl groups is 1. The monoisotopic (exact) mass is 312 g/mol. The molecule has 0 spiro atoms. The van der Waals surface area contributed by atoms with Gasteiger partial charge in [-0.2, -0.15) is 0 Å². The maximum Gasteiger partial charge on any atom is 1.00 e. The predicted molar refractivity (Wildman–Crippen MR) is 48.4 cm³/mol. The minimum Gasteiger partial charge on any atom is -0.788 e. The molecule has 86 valence electrons. The Bertz CT molecular complexity index is 304. The topological polar surface area (TPSA) is 102 Å². The summed E-state index contributed by atoms with van der Waals surface area (Å²) in [6.07, 6.45) is 0. The van der Waals surface area contributed by atoms with Crippen molar-refractivity contribution in [3.05, 3.63) is 30.3 Å². The van der Waals surface area contributed by atoms with Crippen LogP contribution < -0.4 is 113 Å². The molecule has 6 nitrogen and oxygen atoms in total. The summed E-state index contributed by atoms with van der Waals surface area (Å²) in [6.45, 7) is 1.53. The number of benzene rings is 1. The molecule has 0 bridgehead atoms. The fourth-order valence-corrected chi connectivity index (χ4v) is 0.780. The Morgan fingerprint density at radius 1 is 1.24 bits per heavy atom. The molecule has 0 radical (unpaired) electrons. The molecule has 0 aliphatic heterocycles. The largest absolute Gasteiger partial charge is 1.00 e. The van der Waals surface area contributed by atoms with Crippen molar-refractivity contribution >= 4 is 7.82 Å². The molecule has 1 N–H and O–H groups in total. The van der Waals surface area contributed by atoms with Gasteiger partial charge in [0.1, 0.15) is 13.6 Å². The fourth-order valence-electron chi connectivity index (χ4n) is 0.545. The SMILES string of the molecule is CCOOP(=O)([O-])[O-].Oc1ccccc1.[K+].[K+]. The number of para-hydroxylation sites is 1. The molecule has 0 saturated carbocycles. The van der Waals surface area contributed by atoms with E-state index in [1.807, 2.05) is 6.07 Å². The molecule has 0 unspecified atom stereocenters. The van der Waals surface area contributed by atoms with Gasteiger partial charge in [-0.25, -0.2) is 9.56 Å². The van der Waals surface area contributed by atoms with E-state index < -0.39 is 7.82 Å². The first-order valence-corrected chi connectivity index (χ1v) is 5.49. The van der Waals surface area contributed by atoms with E-state index in [4.69, 9.17) is 5.11 Å². The Kier molecular flexibility index (Phi) is 21.2. The van der Waals surface area contributed by atoms with Crippen LogP contribution in [-0.4, -0.2) is 11.7 Å².